The number of thioether (sulfide) groups is 1. The molecule has 1 aliphatic rings. The maximum atomic E-state index is 12.1. The Bertz CT molecular complexity index is 717. The van der Waals surface area contributed by atoms with Crippen molar-refractivity contribution in [3.8, 4) is 0 Å². The monoisotopic (exact) mass is 344 g/mol. The molecule has 1 aromatic rings. The summed E-state index contributed by atoms with van der Waals surface area (Å²) >= 11 is 1.13. The summed E-state index contributed by atoms with van der Waals surface area (Å²) < 4.78 is 32.2. The summed E-state index contributed by atoms with van der Waals surface area (Å²) in [5.41, 5.74) is 6.01. The van der Waals surface area contributed by atoms with Gasteiger partial charge in [-0.2, -0.15) is 8.42 Å². The second kappa shape index (κ2) is 6.27. The quantitative estimate of drug-likeness (QED) is 0.621. The molecule has 0 aliphatic carbocycles. The summed E-state index contributed by atoms with van der Waals surface area (Å²) in [7, 11) is -4.46. The second-order valence-corrected chi connectivity index (χ2v) is 7.67. The molecule has 0 saturated carbocycles. The SMILES string of the molecule is CC(=O)SCC1CC(=O)N(c2cc(N)ccc2S(=O)(=O)O)C1. The van der Waals surface area contributed by atoms with Crippen LogP contribution in [-0.4, -0.2) is 36.3 Å². The van der Waals surface area contributed by atoms with E-state index in [0.29, 0.717) is 5.75 Å². The smallest absolute Gasteiger partial charge is 0.296 e. The molecule has 0 aromatic heterocycles. The Labute approximate surface area is 132 Å². The van der Waals surface area contributed by atoms with E-state index < -0.39 is 10.1 Å². The van der Waals surface area contributed by atoms with E-state index in [-0.39, 0.29) is 46.2 Å². The lowest BCUT2D eigenvalue weighted by molar-refractivity contribution is -0.117. The maximum Gasteiger partial charge on any atom is 0.296 e. The Balaban J connectivity index is 2.30. The van der Waals surface area contributed by atoms with E-state index in [1.54, 1.807) is 0 Å². The number of nitrogens with two attached hydrogens (primary N) is 1. The highest BCUT2D eigenvalue weighted by molar-refractivity contribution is 8.13. The minimum Gasteiger partial charge on any atom is -0.399 e. The standard InChI is InChI=1S/C13H16N2O5S2/c1-8(16)21-7-9-4-13(17)15(6-9)11-5-10(14)2-3-12(11)22(18,19)20/h2-3,5,9H,4,6-7,14H2,1H3,(H,18,19,20). The second-order valence-electron chi connectivity index (χ2n) is 5.08. The number of anilines is 2. The van der Waals surface area contributed by atoms with E-state index in [4.69, 9.17) is 5.73 Å². The van der Waals surface area contributed by atoms with E-state index in [2.05, 4.69) is 0 Å². The molecular weight excluding hydrogens is 328 g/mol. The van der Waals surface area contributed by atoms with Gasteiger partial charge in [0, 0.05) is 31.3 Å². The lowest BCUT2D eigenvalue weighted by Crippen LogP contribution is -2.26. The molecule has 0 radical (unpaired) electrons. The first-order valence-corrected chi connectivity index (χ1v) is 8.92. The van der Waals surface area contributed by atoms with Crippen LogP contribution in [0, 0.1) is 5.92 Å². The Kier molecular flexibility index (Phi) is 4.78. The molecule has 1 heterocycles. The van der Waals surface area contributed by atoms with Gasteiger partial charge in [-0.15, -0.1) is 0 Å². The fraction of sp³-hybridized carbons (Fsp3) is 0.385. The van der Waals surface area contributed by atoms with Crippen molar-refractivity contribution in [3.63, 3.8) is 0 Å². The normalized spacial score (nSPS) is 18.7. The lowest BCUT2D eigenvalue weighted by Gasteiger charge is -2.19. The van der Waals surface area contributed by atoms with Crippen molar-refractivity contribution in [1.82, 2.24) is 0 Å². The zero-order valence-corrected chi connectivity index (χ0v) is 13.5. The molecule has 22 heavy (non-hydrogen) atoms. The minimum absolute atomic E-state index is 0.0338. The van der Waals surface area contributed by atoms with Crippen molar-refractivity contribution in [3.05, 3.63) is 18.2 Å². The first kappa shape index (κ1) is 16.8. The van der Waals surface area contributed by atoms with E-state index in [1.807, 2.05) is 0 Å². The molecule has 1 fully saturated rings. The van der Waals surface area contributed by atoms with Crippen LogP contribution in [0.3, 0.4) is 0 Å². The van der Waals surface area contributed by atoms with Crippen molar-refractivity contribution >= 4 is 44.3 Å². The van der Waals surface area contributed by atoms with Crippen molar-refractivity contribution < 1.29 is 22.6 Å². The number of carbonyl (C=O) groups excluding carboxylic acids is 2. The third-order valence-electron chi connectivity index (χ3n) is 3.28. The minimum atomic E-state index is -4.46. The number of carbonyl (C=O) groups is 2. The van der Waals surface area contributed by atoms with Gasteiger partial charge in [0.2, 0.25) is 5.91 Å². The fourth-order valence-electron chi connectivity index (χ4n) is 2.32. The summed E-state index contributed by atoms with van der Waals surface area (Å²) in [5, 5.41) is -0.0338. The van der Waals surface area contributed by atoms with Gasteiger partial charge in [0.15, 0.2) is 5.12 Å². The molecule has 1 saturated heterocycles. The summed E-state index contributed by atoms with van der Waals surface area (Å²) in [6, 6.07) is 3.86. The highest BCUT2D eigenvalue weighted by Crippen LogP contribution is 2.33. The Hall–Kier alpha value is -1.58. The molecule has 9 heteroatoms. The third kappa shape index (κ3) is 3.79. The number of hydrogen-bond donors (Lipinski definition) is 2. The van der Waals surface area contributed by atoms with Gasteiger partial charge in [0.1, 0.15) is 4.90 Å². The number of benzene rings is 1. The van der Waals surface area contributed by atoms with Gasteiger partial charge in [-0.1, -0.05) is 11.8 Å². The van der Waals surface area contributed by atoms with E-state index in [9.17, 15) is 22.6 Å². The molecular formula is C13H16N2O5S2. The fourth-order valence-corrected chi connectivity index (χ4v) is 3.69. The average molecular weight is 344 g/mol. The van der Waals surface area contributed by atoms with Crippen LogP contribution in [0.15, 0.2) is 23.1 Å². The Morgan fingerprint density at radius 2 is 2.18 bits per heavy atom. The van der Waals surface area contributed by atoms with E-state index in [0.717, 1.165) is 11.8 Å². The zero-order chi connectivity index (χ0) is 16.5. The van der Waals surface area contributed by atoms with Crippen molar-refractivity contribution in [2.24, 2.45) is 5.92 Å². The number of nitrogens with zero attached hydrogens (tertiary/aromatic N) is 1. The molecule has 1 aliphatic heterocycles. The highest BCUT2D eigenvalue weighted by Gasteiger charge is 2.33. The Morgan fingerprint density at radius 3 is 2.77 bits per heavy atom. The molecule has 0 bridgehead atoms. The lowest BCUT2D eigenvalue weighted by atomic mass is 10.1. The Morgan fingerprint density at radius 1 is 1.50 bits per heavy atom. The van der Waals surface area contributed by atoms with Crippen LogP contribution in [0.5, 0.6) is 0 Å². The number of amides is 1. The third-order valence-corrected chi connectivity index (χ3v) is 5.22. The zero-order valence-electron chi connectivity index (χ0n) is 11.9. The maximum absolute atomic E-state index is 12.1. The highest BCUT2D eigenvalue weighted by atomic mass is 32.2. The summed E-state index contributed by atoms with van der Waals surface area (Å²) in [6.07, 6.45) is 0.222. The van der Waals surface area contributed by atoms with E-state index in [1.165, 1.54) is 30.0 Å². The van der Waals surface area contributed by atoms with Crippen LogP contribution in [0.2, 0.25) is 0 Å². The molecule has 1 unspecified atom stereocenters. The number of nitrogen functional groups attached to an aromatic ring is 1. The van der Waals surface area contributed by atoms with Gasteiger partial charge in [0.25, 0.3) is 10.1 Å². The van der Waals surface area contributed by atoms with Gasteiger partial charge >= 0.3 is 0 Å². The van der Waals surface area contributed by atoms with Crippen molar-refractivity contribution in [1.29, 1.82) is 0 Å². The predicted octanol–water partition coefficient (Wildman–Crippen LogP) is 1.15. The van der Waals surface area contributed by atoms with Crippen LogP contribution in [0.4, 0.5) is 11.4 Å². The van der Waals surface area contributed by atoms with Gasteiger partial charge in [0.05, 0.1) is 5.69 Å². The van der Waals surface area contributed by atoms with Crippen molar-refractivity contribution in [2.45, 2.75) is 18.2 Å². The predicted molar refractivity (Wildman–Crippen MR) is 84.3 cm³/mol. The average Bonchev–Trinajstić information content (AvgIpc) is 2.76. The van der Waals surface area contributed by atoms with Crippen LogP contribution in [0.25, 0.3) is 0 Å². The van der Waals surface area contributed by atoms with Crippen molar-refractivity contribution in [2.75, 3.05) is 22.9 Å². The molecule has 3 N–H and O–H groups in total. The van der Waals surface area contributed by atoms with Gasteiger partial charge in [-0.05, 0) is 24.1 Å². The first-order valence-electron chi connectivity index (χ1n) is 6.49. The molecule has 2 rings (SSSR count). The van der Waals surface area contributed by atoms with Gasteiger partial charge in [-0.25, -0.2) is 0 Å². The number of hydrogen-bond acceptors (Lipinski definition) is 6. The van der Waals surface area contributed by atoms with Gasteiger partial charge < -0.3 is 10.6 Å². The summed E-state index contributed by atoms with van der Waals surface area (Å²) in [4.78, 5) is 24.1. The molecule has 120 valence electrons. The molecule has 1 aromatic carbocycles. The first-order chi connectivity index (χ1) is 10.2. The molecule has 1 amide bonds. The number of rotatable bonds is 4. The van der Waals surface area contributed by atoms with Crippen LogP contribution < -0.4 is 10.6 Å². The summed E-state index contributed by atoms with van der Waals surface area (Å²) in [5.74, 6) is 0.169. The molecule has 7 nitrogen and oxygen atoms in total. The summed E-state index contributed by atoms with van der Waals surface area (Å²) in [6.45, 7) is 1.73. The van der Waals surface area contributed by atoms with Gasteiger partial charge in [-0.3, -0.25) is 14.1 Å². The van der Waals surface area contributed by atoms with E-state index >= 15 is 0 Å². The molecule has 0 spiro atoms. The van der Waals surface area contributed by atoms with Crippen LogP contribution in [-0.2, 0) is 19.7 Å². The largest absolute Gasteiger partial charge is 0.399 e. The molecule has 1 atom stereocenters. The van der Waals surface area contributed by atoms with Crippen LogP contribution >= 0.6 is 11.8 Å². The van der Waals surface area contributed by atoms with Crippen LogP contribution in [0.1, 0.15) is 13.3 Å². The topological polar surface area (TPSA) is 118 Å².